The number of hydrogen-bond acceptors (Lipinski definition) is 4. The molecule has 6 aromatic rings. The standard InChI is InChI=1S/2C8H13N.C8H16.2C7H10O.2C7H10S/c2*1-6-5-9(4)8(3)7(6)2;1-6-4-5-7(2)8(6)3;4*1-5-4-8-7(3)6(5)2/h2*5H,1-4H3;6-8H,4-5H2,1-3H3;4*4H,1-3H3. The van der Waals surface area contributed by atoms with E-state index in [1.807, 2.05) is 50.4 Å². The number of rotatable bonds is 0. The van der Waals surface area contributed by atoms with Gasteiger partial charge in [-0.25, -0.2) is 0 Å². The highest BCUT2D eigenvalue weighted by Crippen LogP contribution is 2.35. The van der Waals surface area contributed by atoms with E-state index in [1.54, 1.807) is 12.5 Å². The molecule has 0 spiro atoms. The van der Waals surface area contributed by atoms with Crippen LogP contribution >= 0.6 is 22.7 Å². The van der Waals surface area contributed by atoms with E-state index < -0.39 is 0 Å². The third-order valence-corrected chi connectivity index (χ3v) is 15.4. The average Bonchev–Trinajstić information content (AvgIpc) is 4.02. The SMILES string of the molecule is CC1CCC(C)C1C.Cc1cn(C)c(C)c1C.Cc1cn(C)c(C)c1C.Cc1coc(C)c1C.Cc1coc(C)c1C.Cc1csc(C)c1C.Cc1csc(C)c1C. The van der Waals surface area contributed by atoms with Gasteiger partial charge in [0.1, 0.15) is 11.5 Å². The third kappa shape index (κ3) is 15.9. The second kappa shape index (κ2) is 24.6. The molecule has 6 aromatic heterocycles. The minimum atomic E-state index is 0.981. The van der Waals surface area contributed by atoms with Crippen molar-refractivity contribution in [3.05, 3.63) is 135 Å². The van der Waals surface area contributed by atoms with Crippen molar-refractivity contribution in [3.8, 4) is 0 Å². The molecule has 2 atom stereocenters. The first-order chi connectivity index (χ1) is 26.8. The average molecular weight is 831 g/mol. The summed E-state index contributed by atoms with van der Waals surface area (Å²) >= 11 is 3.66. The molecule has 1 aliphatic rings. The lowest BCUT2D eigenvalue weighted by Crippen LogP contribution is -2.04. The van der Waals surface area contributed by atoms with Crippen LogP contribution in [-0.2, 0) is 14.1 Å². The summed E-state index contributed by atoms with van der Waals surface area (Å²) in [6.45, 7) is 45.1. The van der Waals surface area contributed by atoms with Gasteiger partial charge in [0.2, 0.25) is 0 Å². The van der Waals surface area contributed by atoms with Gasteiger partial charge in [-0.2, -0.15) is 0 Å². The van der Waals surface area contributed by atoms with Crippen LogP contribution in [0.1, 0.15) is 133 Å². The van der Waals surface area contributed by atoms with Gasteiger partial charge in [-0.05, 0) is 220 Å². The summed E-state index contributed by atoms with van der Waals surface area (Å²) in [7, 11) is 4.16. The number of thiophene rings is 2. The Morgan fingerprint density at radius 1 is 0.431 bits per heavy atom. The fraction of sp³-hybridized carbons (Fsp3) is 0.538. The van der Waals surface area contributed by atoms with E-state index in [0.29, 0.717) is 0 Å². The van der Waals surface area contributed by atoms with E-state index in [2.05, 4.69) is 164 Å². The topological polar surface area (TPSA) is 36.1 Å². The molecule has 58 heavy (non-hydrogen) atoms. The van der Waals surface area contributed by atoms with Gasteiger partial charge in [0.15, 0.2) is 0 Å². The lowest BCUT2D eigenvalue weighted by Gasteiger charge is -2.11. The second-order valence-electron chi connectivity index (χ2n) is 17.1. The van der Waals surface area contributed by atoms with Crippen LogP contribution in [0.2, 0.25) is 0 Å². The smallest absolute Gasteiger partial charge is 0.103 e. The van der Waals surface area contributed by atoms with Gasteiger partial charge in [-0.1, -0.05) is 33.6 Å². The predicted octanol–water partition coefficient (Wildman–Crippen LogP) is 16.3. The van der Waals surface area contributed by atoms with Crippen molar-refractivity contribution < 1.29 is 8.83 Å². The zero-order chi connectivity index (χ0) is 44.8. The van der Waals surface area contributed by atoms with Crippen LogP contribution in [-0.4, -0.2) is 9.13 Å². The fourth-order valence-electron chi connectivity index (χ4n) is 6.21. The molecule has 324 valence electrons. The van der Waals surface area contributed by atoms with Crippen LogP contribution in [0.15, 0.2) is 44.5 Å². The molecular weight excluding hydrogens is 749 g/mol. The second-order valence-corrected chi connectivity index (χ2v) is 19.2. The van der Waals surface area contributed by atoms with Gasteiger partial charge in [0.25, 0.3) is 0 Å². The van der Waals surface area contributed by atoms with Crippen LogP contribution in [0.25, 0.3) is 0 Å². The summed E-state index contributed by atoms with van der Waals surface area (Å²) in [6.07, 6.45) is 10.8. The van der Waals surface area contributed by atoms with E-state index in [0.717, 1.165) is 29.3 Å². The normalized spacial score (nSPS) is 15.2. The van der Waals surface area contributed by atoms with Gasteiger partial charge in [-0.3, -0.25) is 0 Å². The Bertz CT molecular complexity index is 1740. The Labute approximate surface area is 364 Å². The first kappa shape index (κ1) is 52.5. The maximum Gasteiger partial charge on any atom is 0.103 e. The van der Waals surface area contributed by atoms with Crippen molar-refractivity contribution in [2.45, 2.75) is 158 Å². The maximum absolute atomic E-state index is 5.09. The fourth-order valence-corrected chi connectivity index (χ4v) is 7.94. The van der Waals surface area contributed by atoms with E-state index in [-0.39, 0.29) is 0 Å². The number of hydrogen-bond donors (Lipinski definition) is 0. The largest absolute Gasteiger partial charge is 0.469 e. The van der Waals surface area contributed by atoms with E-state index in [1.165, 1.54) is 101 Å². The molecule has 1 saturated carbocycles. The molecule has 0 aliphatic heterocycles. The van der Waals surface area contributed by atoms with Crippen LogP contribution < -0.4 is 0 Å². The first-order valence-electron chi connectivity index (χ1n) is 21.1. The lowest BCUT2D eigenvalue weighted by molar-refractivity contribution is 0.380. The van der Waals surface area contributed by atoms with Crippen molar-refractivity contribution in [1.82, 2.24) is 9.13 Å². The Morgan fingerprint density at radius 3 is 0.810 bits per heavy atom. The third-order valence-electron chi connectivity index (χ3n) is 13.1. The molecule has 4 nitrogen and oxygen atoms in total. The van der Waals surface area contributed by atoms with Crippen molar-refractivity contribution in [3.63, 3.8) is 0 Å². The van der Waals surface area contributed by atoms with Crippen LogP contribution in [0.4, 0.5) is 0 Å². The summed E-state index contributed by atoms with van der Waals surface area (Å²) in [5, 5.41) is 4.40. The summed E-state index contributed by atoms with van der Waals surface area (Å²) in [5.74, 6) is 5.02. The minimum Gasteiger partial charge on any atom is -0.469 e. The molecule has 7 rings (SSSR count). The number of aromatic nitrogens is 2. The van der Waals surface area contributed by atoms with Gasteiger partial charge < -0.3 is 18.0 Å². The highest BCUT2D eigenvalue weighted by Gasteiger charge is 2.25. The van der Waals surface area contributed by atoms with Crippen molar-refractivity contribution in [2.24, 2.45) is 31.8 Å². The van der Waals surface area contributed by atoms with Crippen LogP contribution in [0.5, 0.6) is 0 Å². The molecule has 0 aromatic carbocycles. The molecule has 1 fully saturated rings. The molecule has 0 amide bonds. The molecule has 1 aliphatic carbocycles. The number of nitrogens with zero attached hydrogens (tertiary/aromatic N) is 2. The Kier molecular flexibility index (Phi) is 22.3. The molecule has 6 heteroatoms. The molecule has 2 unspecified atom stereocenters. The molecule has 0 bridgehead atoms. The minimum absolute atomic E-state index is 0.981. The van der Waals surface area contributed by atoms with E-state index >= 15 is 0 Å². The summed E-state index contributed by atoms with van der Waals surface area (Å²) in [4.78, 5) is 2.89. The van der Waals surface area contributed by atoms with Crippen molar-refractivity contribution in [1.29, 1.82) is 0 Å². The van der Waals surface area contributed by atoms with E-state index in [9.17, 15) is 0 Å². The molecular formula is C52H82N2O2S2. The predicted molar refractivity (Wildman–Crippen MR) is 259 cm³/mol. The van der Waals surface area contributed by atoms with Gasteiger partial charge in [0.05, 0.1) is 12.5 Å². The first-order valence-corrected chi connectivity index (χ1v) is 22.8. The Morgan fingerprint density at radius 2 is 0.741 bits per heavy atom. The molecule has 0 saturated heterocycles. The molecule has 0 N–H and O–H groups in total. The quantitative estimate of drug-likeness (QED) is 0.153. The number of furan rings is 2. The number of aryl methyl sites for hydroxylation is 12. The highest BCUT2D eigenvalue weighted by atomic mass is 32.1. The zero-order valence-electron chi connectivity index (χ0n) is 41.1. The molecule has 6 heterocycles. The summed E-state index contributed by atoms with van der Waals surface area (Å²) < 4.78 is 14.5. The summed E-state index contributed by atoms with van der Waals surface area (Å²) in [6, 6.07) is 0. The van der Waals surface area contributed by atoms with Gasteiger partial charge in [0, 0.05) is 47.6 Å². The highest BCUT2D eigenvalue weighted by molar-refractivity contribution is 7.10. The van der Waals surface area contributed by atoms with Crippen molar-refractivity contribution in [2.75, 3.05) is 0 Å². The lowest BCUT2D eigenvalue weighted by atomic mass is 9.94. The van der Waals surface area contributed by atoms with Gasteiger partial charge >= 0.3 is 0 Å². The van der Waals surface area contributed by atoms with E-state index in [4.69, 9.17) is 8.83 Å². The van der Waals surface area contributed by atoms with Crippen molar-refractivity contribution >= 4 is 22.7 Å². The maximum atomic E-state index is 5.09. The monoisotopic (exact) mass is 831 g/mol. The van der Waals surface area contributed by atoms with Gasteiger partial charge in [-0.15, -0.1) is 22.7 Å². The summed E-state index contributed by atoms with van der Waals surface area (Å²) in [5.41, 5.74) is 19.1. The Hall–Kier alpha value is -3.48. The van der Waals surface area contributed by atoms with Crippen LogP contribution in [0, 0.1) is 142 Å². The Balaban J connectivity index is 0.000000339. The zero-order valence-corrected chi connectivity index (χ0v) is 42.8. The van der Waals surface area contributed by atoms with Crippen LogP contribution in [0.3, 0.4) is 0 Å². The molecule has 0 radical (unpaired) electrons.